The molecular formula is C18H19ClFN3O. The molecule has 2 N–H and O–H groups in total. The van der Waals surface area contributed by atoms with E-state index in [2.05, 4.69) is 15.5 Å². The van der Waals surface area contributed by atoms with Gasteiger partial charge >= 0.3 is 6.03 Å². The number of halogens is 2. The van der Waals surface area contributed by atoms with Crippen LogP contribution in [0.3, 0.4) is 0 Å². The number of urea groups is 1. The number of nitrogens with one attached hydrogen (secondary N) is 2. The number of benzene rings is 2. The van der Waals surface area contributed by atoms with Crippen LogP contribution in [0.4, 0.5) is 26.2 Å². The number of nitrogens with zero attached hydrogens (tertiary/aromatic N) is 1. The smallest absolute Gasteiger partial charge is 0.323 e. The minimum Gasteiger partial charge on any atom is -0.372 e. The van der Waals surface area contributed by atoms with Crippen LogP contribution >= 0.6 is 11.6 Å². The lowest BCUT2D eigenvalue weighted by Gasteiger charge is -2.28. The maximum Gasteiger partial charge on any atom is 0.323 e. The third-order valence-corrected chi connectivity index (χ3v) is 4.36. The van der Waals surface area contributed by atoms with Gasteiger partial charge in [-0.15, -0.1) is 0 Å². The Morgan fingerprint density at radius 1 is 1.00 bits per heavy atom. The van der Waals surface area contributed by atoms with Crippen LogP contribution < -0.4 is 15.5 Å². The van der Waals surface area contributed by atoms with E-state index in [4.69, 9.17) is 11.6 Å². The van der Waals surface area contributed by atoms with E-state index in [1.165, 1.54) is 37.5 Å². The Labute approximate surface area is 145 Å². The lowest BCUT2D eigenvalue weighted by atomic mass is 10.1. The molecule has 2 aromatic carbocycles. The van der Waals surface area contributed by atoms with E-state index in [9.17, 15) is 9.18 Å². The number of hydrogen-bond acceptors (Lipinski definition) is 2. The zero-order valence-corrected chi connectivity index (χ0v) is 13.9. The minimum absolute atomic E-state index is 0.0263. The predicted octanol–water partition coefficient (Wildman–Crippen LogP) is 5.11. The number of carbonyl (C=O) groups excluding carboxylic acids is 1. The van der Waals surface area contributed by atoms with Crippen molar-refractivity contribution in [3.8, 4) is 0 Å². The minimum atomic E-state index is -0.571. The molecule has 0 radical (unpaired) electrons. The monoisotopic (exact) mass is 347 g/mol. The van der Waals surface area contributed by atoms with Crippen molar-refractivity contribution in [2.24, 2.45) is 0 Å². The summed E-state index contributed by atoms with van der Waals surface area (Å²) in [5.41, 5.74) is 1.76. The molecule has 0 unspecified atom stereocenters. The third-order valence-electron chi connectivity index (χ3n) is 4.05. The molecule has 1 aliphatic heterocycles. The van der Waals surface area contributed by atoms with Gasteiger partial charge in [0.2, 0.25) is 0 Å². The summed E-state index contributed by atoms with van der Waals surface area (Å²) in [6.07, 6.45) is 3.71. The van der Waals surface area contributed by atoms with Crippen molar-refractivity contribution < 1.29 is 9.18 Å². The molecule has 1 saturated heterocycles. The van der Waals surface area contributed by atoms with Gasteiger partial charge in [-0.1, -0.05) is 17.7 Å². The predicted molar refractivity (Wildman–Crippen MR) is 96.6 cm³/mol. The number of amides is 2. The normalized spacial score (nSPS) is 14.3. The highest BCUT2D eigenvalue weighted by atomic mass is 35.5. The van der Waals surface area contributed by atoms with Crippen molar-refractivity contribution in [2.75, 3.05) is 28.6 Å². The molecule has 4 nitrogen and oxygen atoms in total. The molecule has 24 heavy (non-hydrogen) atoms. The second-order valence-corrected chi connectivity index (χ2v) is 6.18. The van der Waals surface area contributed by atoms with E-state index < -0.39 is 11.8 Å². The Hall–Kier alpha value is -2.27. The van der Waals surface area contributed by atoms with Crippen LogP contribution in [0, 0.1) is 5.82 Å². The number of carbonyl (C=O) groups is 1. The van der Waals surface area contributed by atoms with Gasteiger partial charge in [0, 0.05) is 24.5 Å². The molecule has 0 spiro atoms. The van der Waals surface area contributed by atoms with Gasteiger partial charge in [0.15, 0.2) is 0 Å². The summed E-state index contributed by atoms with van der Waals surface area (Å²) in [5, 5.41) is 5.28. The molecule has 3 rings (SSSR count). The Kier molecular flexibility index (Phi) is 5.20. The third kappa shape index (κ3) is 3.97. The SMILES string of the molecule is O=C(Nc1ccc(N2CCCCC2)cc1)Nc1c(F)cccc1Cl. The first kappa shape index (κ1) is 16.6. The lowest BCUT2D eigenvalue weighted by molar-refractivity contribution is 0.262. The molecule has 0 aliphatic carbocycles. The highest BCUT2D eigenvalue weighted by molar-refractivity contribution is 6.33. The van der Waals surface area contributed by atoms with Crippen LogP contribution in [-0.4, -0.2) is 19.1 Å². The van der Waals surface area contributed by atoms with Gasteiger partial charge in [0.25, 0.3) is 0 Å². The van der Waals surface area contributed by atoms with Crippen LogP contribution in [0.2, 0.25) is 5.02 Å². The van der Waals surface area contributed by atoms with Gasteiger partial charge < -0.3 is 15.5 Å². The average Bonchev–Trinajstić information content (AvgIpc) is 2.60. The van der Waals surface area contributed by atoms with Crippen molar-refractivity contribution in [2.45, 2.75) is 19.3 Å². The molecule has 6 heteroatoms. The number of para-hydroxylation sites is 1. The topological polar surface area (TPSA) is 44.4 Å². The van der Waals surface area contributed by atoms with Crippen molar-refractivity contribution in [3.05, 3.63) is 53.3 Å². The molecule has 1 heterocycles. The molecular weight excluding hydrogens is 329 g/mol. The number of rotatable bonds is 3. The Balaban J connectivity index is 1.62. The standard InChI is InChI=1S/C18H19ClFN3O/c19-15-5-4-6-16(20)17(15)22-18(24)21-13-7-9-14(10-8-13)23-11-2-1-3-12-23/h4-10H,1-3,11-12H2,(H2,21,22,24). The fourth-order valence-corrected chi connectivity index (χ4v) is 3.01. The largest absolute Gasteiger partial charge is 0.372 e. The first-order valence-electron chi connectivity index (χ1n) is 8.00. The van der Waals surface area contributed by atoms with Crippen LogP contribution in [0.5, 0.6) is 0 Å². The maximum atomic E-state index is 13.7. The Bertz CT molecular complexity index is 694. The van der Waals surface area contributed by atoms with Crippen LogP contribution in [0.25, 0.3) is 0 Å². The average molecular weight is 348 g/mol. The van der Waals surface area contributed by atoms with Gasteiger partial charge in [-0.2, -0.15) is 0 Å². The number of anilines is 3. The molecule has 0 bridgehead atoms. The fourth-order valence-electron chi connectivity index (χ4n) is 2.80. The first-order chi connectivity index (χ1) is 11.6. The summed E-state index contributed by atoms with van der Waals surface area (Å²) >= 11 is 5.90. The zero-order chi connectivity index (χ0) is 16.9. The molecule has 2 amide bonds. The summed E-state index contributed by atoms with van der Waals surface area (Å²) < 4.78 is 13.7. The molecule has 1 fully saturated rings. The quantitative estimate of drug-likeness (QED) is 0.810. The molecule has 0 saturated carbocycles. The van der Waals surface area contributed by atoms with Crippen molar-refractivity contribution in [1.82, 2.24) is 0 Å². The van der Waals surface area contributed by atoms with Crippen LogP contribution in [-0.2, 0) is 0 Å². The van der Waals surface area contributed by atoms with Gasteiger partial charge in [0.05, 0.1) is 10.7 Å². The lowest BCUT2D eigenvalue weighted by Crippen LogP contribution is -2.29. The van der Waals surface area contributed by atoms with Crippen LogP contribution in [0.1, 0.15) is 19.3 Å². The van der Waals surface area contributed by atoms with E-state index in [0.29, 0.717) is 5.69 Å². The Morgan fingerprint density at radius 2 is 1.71 bits per heavy atom. The Morgan fingerprint density at radius 3 is 2.38 bits per heavy atom. The second-order valence-electron chi connectivity index (χ2n) is 5.77. The van der Waals surface area contributed by atoms with E-state index in [1.54, 1.807) is 0 Å². The van der Waals surface area contributed by atoms with Gasteiger partial charge in [0.1, 0.15) is 5.82 Å². The zero-order valence-electron chi connectivity index (χ0n) is 13.2. The summed E-state index contributed by atoms with van der Waals surface area (Å²) in [7, 11) is 0. The highest BCUT2D eigenvalue weighted by Crippen LogP contribution is 2.25. The van der Waals surface area contributed by atoms with E-state index in [0.717, 1.165) is 18.8 Å². The second kappa shape index (κ2) is 7.53. The molecule has 2 aromatic rings. The maximum absolute atomic E-state index is 13.7. The highest BCUT2D eigenvalue weighted by Gasteiger charge is 2.12. The summed E-state index contributed by atoms with van der Waals surface area (Å²) in [6, 6.07) is 11.4. The molecule has 0 aromatic heterocycles. The molecule has 1 aliphatic rings. The van der Waals surface area contributed by atoms with Gasteiger partial charge in [-0.3, -0.25) is 0 Å². The van der Waals surface area contributed by atoms with E-state index in [-0.39, 0.29) is 10.7 Å². The molecule has 126 valence electrons. The number of hydrogen-bond donors (Lipinski definition) is 2. The number of piperidine rings is 1. The summed E-state index contributed by atoms with van der Waals surface area (Å²) in [6.45, 7) is 2.14. The molecule has 0 atom stereocenters. The first-order valence-corrected chi connectivity index (χ1v) is 8.38. The van der Waals surface area contributed by atoms with Gasteiger partial charge in [-0.25, -0.2) is 9.18 Å². The van der Waals surface area contributed by atoms with Crippen LogP contribution in [0.15, 0.2) is 42.5 Å². The van der Waals surface area contributed by atoms with E-state index >= 15 is 0 Å². The van der Waals surface area contributed by atoms with Gasteiger partial charge in [-0.05, 0) is 55.7 Å². The van der Waals surface area contributed by atoms with Crippen molar-refractivity contribution in [1.29, 1.82) is 0 Å². The summed E-state index contributed by atoms with van der Waals surface area (Å²) in [4.78, 5) is 14.4. The van der Waals surface area contributed by atoms with Crippen molar-refractivity contribution >= 4 is 34.7 Å². The van der Waals surface area contributed by atoms with Crippen molar-refractivity contribution in [3.63, 3.8) is 0 Å². The summed E-state index contributed by atoms with van der Waals surface area (Å²) in [5.74, 6) is -0.571. The van der Waals surface area contributed by atoms with E-state index in [1.807, 2.05) is 24.3 Å². The fraction of sp³-hybridized carbons (Fsp3) is 0.278.